The second-order valence-electron chi connectivity index (χ2n) is 3.43. The van der Waals surface area contributed by atoms with Crippen molar-refractivity contribution < 1.29 is 14.6 Å². The van der Waals surface area contributed by atoms with Crippen LogP contribution < -0.4 is 9.47 Å². The molecular weight excluding hydrogens is 272 g/mol. The van der Waals surface area contributed by atoms with E-state index in [9.17, 15) is 5.11 Å². The Morgan fingerprint density at radius 2 is 1.88 bits per heavy atom. The summed E-state index contributed by atoms with van der Waals surface area (Å²) >= 11 is 3.25. The lowest BCUT2D eigenvalue weighted by molar-refractivity contribution is 0.199. The Labute approximate surface area is 105 Å². The van der Waals surface area contributed by atoms with Crippen LogP contribution in [0, 0.1) is 0 Å². The van der Waals surface area contributed by atoms with Crippen LogP contribution in [0.2, 0.25) is 0 Å². The zero-order valence-electron chi connectivity index (χ0n) is 9.79. The van der Waals surface area contributed by atoms with Crippen molar-refractivity contribution in [1.82, 2.24) is 0 Å². The molecule has 3 nitrogen and oxygen atoms in total. The summed E-state index contributed by atoms with van der Waals surface area (Å²) in [7, 11) is 3.23. The van der Waals surface area contributed by atoms with Crippen LogP contribution in [-0.2, 0) is 6.42 Å². The maximum absolute atomic E-state index is 9.84. The highest BCUT2D eigenvalue weighted by atomic mass is 79.9. The van der Waals surface area contributed by atoms with Crippen LogP contribution in [0.3, 0.4) is 0 Å². The van der Waals surface area contributed by atoms with Gasteiger partial charge in [-0.1, -0.05) is 22.9 Å². The van der Waals surface area contributed by atoms with Gasteiger partial charge in [0.2, 0.25) is 0 Å². The first kappa shape index (κ1) is 13.3. The van der Waals surface area contributed by atoms with Crippen LogP contribution in [0.25, 0.3) is 0 Å². The number of benzene rings is 1. The van der Waals surface area contributed by atoms with Gasteiger partial charge in [-0.2, -0.15) is 0 Å². The summed E-state index contributed by atoms with van der Waals surface area (Å²) in [5.74, 6) is 1.49. The fourth-order valence-corrected chi connectivity index (χ4v) is 1.95. The smallest absolute Gasteiger partial charge is 0.125 e. The Morgan fingerprint density at radius 1 is 1.25 bits per heavy atom. The van der Waals surface area contributed by atoms with E-state index in [2.05, 4.69) is 22.9 Å². The summed E-state index contributed by atoms with van der Waals surface area (Å²) in [6, 6.07) is 3.75. The molecule has 1 unspecified atom stereocenters. The molecule has 90 valence electrons. The van der Waals surface area contributed by atoms with Crippen LogP contribution in [0.1, 0.15) is 24.2 Å². The minimum Gasteiger partial charge on any atom is -0.496 e. The lowest BCUT2D eigenvalue weighted by atomic mass is 10.0. The largest absolute Gasteiger partial charge is 0.496 e. The van der Waals surface area contributed by atoms with Gasteiger partial charge in [0.25, 0.3) is 0 Å². The van der Waals surface area contributed by atoms with Gasteiger partial charge >= 0.3 is 0 Å². The summed E-state index contributed by atoms with van der Waals surface area (Å²) < 4.78 is 10.6. The predicted octanol–water partition coefficient (Wildman–Crippen LogP) is 2.69. The Morgan fingerprint density at radius 3 is 2.31 bits per heavy atom. The summed E-state index contributed by atoms with van der Waals surface area (Å²) in [6.45, 7) is 2.05. The molecule has 1 aromatic rings. The molecule has 0 fully saturated rings. The number of aliphatic hydroxyl groups is 1. The molecule has 16 heavy (non-hydrogen) atoms. The van der Waals surface area contributed by atoms with Crippen molar-refractivity contribution in [3.05, 3.63) is 23.3 Å². The first-order valence-electron chi connectivity index (χ1n) is 5.16. The first-order valence-corrected chi connectivity index (χ1v) is 6.28. The van der Waals surface area contributed by atoms with Crippen molar-refractivity contribution in [3.63, 3.8) is 0 Å². The van der Waals surface area contributed by atoms with Gasteiger partial charge in [0.15, 0.2) is 0 Å². The molecule has 0 radical (unpaired) electrons. The van der Waals surface area contributed by atoms with Gasteiger partial charge in [-0.05, 0) is 24.1 Å². The Hall–Kier alpha value is -0.740. The number of hydrogen-bond acceptors (Lipinski definition) is 3. The molecule has 0 spiro atoms. The number of halogens is 1. The van der Waals surface area contributed by atoms with E-state index in [-0.39, 0.29) is 0 Å². The fraction of sp³-hybridized carbons (Fsp3) is 0.500. The number of aryl methyl sites for hydroxylation is 1. The maximum Gasteiger partial charge on any atom is 0.125 e. The lowest BCUT2D eigenvalue weighted by Crippen LogP contribution is -2.04. The van der Waals surface area contributed by atoms with E-state index in [0.29, 0.717) is 11.1 Å². The lowest BCUT2D eigenvalue weighted by Gasteiger charge is -2.16. The third-order valence-corrected chi connectivity index (χ3v) is 3.13. The fourth-order valence-electron chi connectivity index (χ4n) is 1.60. The number of rotatable bonds is 5. The number of hydrogen-bond donors (Lipinski definition) is 1. The molecule has 0 aliphatic rings. The third kappa shape index (κ3) is 2.68. The van der Waals surface area contributed by atoms with E-state index in [4.69, 9.17) is 9.47 Å². The van der Waals surface area contributed by atoms with E-state index in [1.54, 1.807) is 14.2 Å². The standard InChI is InChI=1S/C12H17BrO3/c1-4-8-5-12(16-3)9(10(14)7-13)6-11(8)15-2/h5-6,10,14H,4,7H2,1-3H3. The molecule has 4 heteroatoms. The van der Waals surface area contributed by atoms with Crippen LogP contribution in [0.5, 0.6) is 11.5 Å². The van der Waals surface area contributed by atoms with E-state index < -0.39 is 6.10 Å². The molecule has 0 bridgehead atoms. The van der Waals surface area contributed by atoms with Crippen molar-refractivity contribution in [3.8, 4) is 11.5 Å². The Kier molecular flexibility index (Phi) is 5.09. The molecule has 0 aliphatic heterocycles. The molecule has 0 heterocycles. The molecule has 1 aromatic carbocycles. The minimum atomic E-state index is -0.588. The van der Waals surface area contributed by atoms with Crippen molar-refractivity contribution in [2.45, 2.75) is 19.4 Å². The number of alkyl halides is 1. The zero-order chi connectivity index (χ0) is 12.1. The van der Waals surface area contributed by atoms with E-state index in [0.717, 1.165) is 23.3 Å². The Bertz CT molecular complexity index is 352. The molecule has 1 N–H and O–H groups in total. The summed E-state index contributed by atoms with van der Waals surface area (Å²) in [6.07, 6.45) is 0.277. The monoisotopic (exact) mass is 288 g/mol. The quantitative estimate of drug-likeness (QED) is 0.847. The SMILES string of the molecule is CCc1cc(OC)c(C(O)CBr)cc1OC. The molecule has 0 aliphatic carbocycles. The van der Waals surface area contributed by atoms with E-state index >= 15 is 0 Å². The zero-order valence-corrected chi connectivity index (χ0v) is 11.4. The topological polar surface area (TPSA) is 38.7 Å². The van der Waals surface area contributed by atoms with Crippen molar-refractivity contribution in [2.24, 2.45) is 0 Å². The van der Waals surface area contributed by atoms with Crippen molar-refractivity contribution in [1.29, 1.82) is 0 Å². The molecule has 0 saturated carbocycles. The van der Waals surface area contributed by atoms with E-state index in [1.165, 1.54) is 0 Å². The molecule has 0 aromatic heterocycles. The van der Waals surface area contributed by atoms with Crippen LogP contribution in [-0.4, -0.2) is 24.7 Å². The highest BCUT2D eigenvalue weighted by Crippen LogP contribution is 2.33. The number of ether oxygens (including phenoxy) is 2. The van der Waals surface area contributed by atoms with Crippen molar-refractivity contribution in [2.75, 3.05) is 19.5 Å². The van der Waals surface area contributed by atoms with Gasteiger partial charge in [0.1, 0.15) is 11.5 Å². The Balaban J connectivity index is 3.25. The van der Waals surface area contributed by atoms with Crippen LogP contribution >= 0.6 is 15.9 Å². The van der Waals surface area contributed by atoms with Crippen LogP contribution in [0.15, 0.2) is 12.1 Å². The van der Waals surface area contributed by atoms with E-state index in [1.807, 2.05) is 12.1 Å². The number of aliphatic hydroxyl groups excluding tert-OH is 1. The summed E-state index contributed by atoms with van der Waals surface area (Å²) in [5.41, 5.74) is 1.82. The highest BCUT2D eigenvalue weighted by molar-refractivity contribution is 9.09. The van der Waals surface area contributed by atoms with Gasteiger partial charge in [-0.3, -0.25) is 0 Å². The van der Waals surface area contributed by atoms with Gasteiger partial charge in [0.05, 0.1) is 20.3 Å². The van der Waals surface area contributed by atoms with Crippen LogP contribution in [0.4, 0.5) is 0 Å². The van der Waals surface area contributed by atoms with Gasteiger partial charge in [-0.15, -0.1) is 0 Å². The maximum atomic E-state index is 9.84. The second kappa shape index (κ2) is 6.11. The number of methoxy groups -OCH3 is 2. The predicted molar refractivity (Wildman–Crippen MR) is 67.7 cm³/mol. The van der Waals surface area contributed by atoms with Gasteiger partial charge < -0.3 is 14.6 Å². The summed E-state index contributed by atoms with van der Waals surface area (Å²) in [4.78, 5) is 0. The third-order valence-electron chi connectivity index (χ3n) is 2.52. The molecule has 1 atom stereocenters. The van der Waals surface area contributed by atoms with Gasteiger partial charge in [0, 0.05) is 10.9 Å². The first-order chi connectivity index (χ1) is 7.67. The van der Waals surface area contributed by atoms with Crippen molar-refractivity contribution >= 4 is 15.9 Å². The average molecular weight is 289 g/mol. The molecule has 0 amide bonds. The summed E-state index contributed by atoms with van der Waals surface area (Å²) in [5, 5.41) is 10.3. The highest BCUT2D eigenvalue weighted by Gasteiger charge is 2.15. The second-order valence-corrected chi connectivity index (χ2v) is 4.08. The average Bonchev–Trinajstić information content (AvgIpc) is 2.35. The normalized spacial score (nSPS) is 12.3. The molecular formula is C12H17BrO3. The van der Waals surface area contributed by atoms with Gasteiger partial charge in [-0.25, -0.2) is 0 Å². The minimum absolute atomic E-state index is 0.470. The molecule has 1 rings (SSSR count). The molecule has 0 saturated heterocycles.